The number of sulfone groups is 1. The maximum absolute atomic E-state index is 12.2. The highest BCUT2D eigenvalue weighted by Gasteiger charge is 2.19. The molecule has 1 aromatic carbocycles. The van der Waals surface area contributed by atoms with Gasteiger partial charge >= 0.3 is 0 Å². The van der Waals surface area contributed by atoms with Gasteiger partial charge < -0.3 is 4.52 Å². The van der Waals surface area contributed by atoms with Gasteiger partial charge in [0.15, 0.2) is 15.7 Å². The van der Waals surface area contributed by atoms with Gasteiger partial charge in [0.05, 0.1) is 4.90 Å². The smallest absolute Gasteiger partial charge is 0.226 e. The highest BCUT2D eigenvalue weighted by atomic mass is 35.5. The van der Waals surface area contributed by atoms with Crippen molar-refractivity contribution in [3.05, 3.63) is 41.0 Å². The SMILES string of the molecule is CC(C)Cc1nc(CS(=O)(=O)c2ccc(Cl)cc2)no1. The van der Waals surface area contributed by atoms with E-state index >= 15 is 0 Å². The highest BCUT2D eigenvalue weighted by Crippen LogP contribution is 2.18. The summed E-state index contributed by atoms with van der Waals surface area (Å²) < 4.78 is 29.4. The van der Waals surface area contributed by atoms with E-state index in [1.807, 2.05) is 13.8 Å². The van der Waals surface area contributed by atoms with Gasteiger partial charge in [-0.3, -0.25) is 0 Å². The van der Waals surface area contributed by atoms with Crippen LogP contribution in [0.2, 0.25) is 5.02 Å². The van der Waals surface area contributed by atoms with Gasteiger partial charge in [-0.25, -0.2) is 8.42 Å². The second-order valence-corrected chi connectivity index (χ2v) is 7.34. The lowest BCUT2D eigenvalue weighted by molar-refractivity contribution is 0.359. The van der Waals surface area contributed by atoms with Gasteiger partial charge in [-0.1, -0.05) is 30.6 Å². The Labute approximate surface area is 122 Å². The van der Waals surface area contributed by atoms with Crippen molar-refractivity contribution in [2.45, 2.75) is 30.9 Å². The quantitative estimate of drug-likeness (QED) is 0.848. The molecule has 0 radical (unpaired) electrons. The Morgan fingerprint density at radius 1 is 1.25 bits per heavy atom. The Hall–Kier alpha value is -1.40. The summed E-state index contributed by atoms with van der Waals surface area (Å²) in [4.78, 5) is 4.29. The van der Waals surface area contributed by atoms with Crippen LogP contribution in [0.25, 0.3) is 0 Å². The summed E-state index contributed by atoms with van der Waals surface area (Å²) in [6, 6.07) is 6.00. The zero-order valence-corrected chi connectivity index (χ0v) is 12.8. The summed E-state index contributed by atoms with van der Waals surface area (Å²) in [6.07, 6.45) is 0.633. The van der Waals surface area contributed by atoms with E-state index in [1.54, 1.807) is 0 Å². The van der Waals surface area contributed by atoms with Gasteiger partial charge in [-0.15, -0.1) is 0 Å². The zero-order chi connectivity index (χ0) is 14.8. The summed E-state index contributed by atoms with van der Waals surface area (Å²) >= 11 is 5.74. The lowest BCUT2D eigenvalue weighted by atomic mass is 10.1. The van der Waals surface area contributed by atoms with Crippen LogP contribution in [0, 0.1) is 5.92 Å². The standard InChI is InChI=1S/C13H15ClN2O3S/c1-9(2)7-13-15-12(16-19-13)8-20(17,18)11-5-3-10(14)4-6-11/h3-6,9H,7-8H2,1-2H3. The molecule has 1 heterocycles. The van der Waals surface area contributed by atoms with E-state index < -0.39 is 9.84 Å². The monoisotopic (exact) mass is 314 g/mol. The number of aromatic nitrogens is 2. The number of halogens is 1. The van der Waals surface area contributed by atoms with E-state index in [0.29, 0.717) is 23.3 Å². The molecule has 0 saturated heterocycles. The summed E-state index contributed by atoms with van der Waals surface area (Å²) in [7, 11) is -3.49. The van der Waals surface area contributed by atoms with Crippen LogP contribution < -0.4 is 0 Å². The first-order valence-corrected chi connectivity index (χ1v) is 8.19. The largest absolute Gasteiger partial charge is 0.339 e. The lowest BCUT2D eigenvalue weighted by Gasteiger charge is -2.01. The Morgan fingerprint density at radius 2 is 1.90 bits per heavy atom. The summed E-state index contributed by atoms with van der Waals surface area (Å²) in [5, 5.41) is 4.19. The predicted octanol–water partition coefficient (Wildman–Crippen LogP) is 2.90. The molecular weight excluding hydrogens is 300 g/mol. The fraction of sp³-hybridized carbons (Fsp3) is 0.385. The molecule has 0 N–H and O–H groups in total. The Morgan fingerprint density at radius 3 is 2.50 bits per heavy atom. The minimum atomic E-state index is -3.49. The van der Waals surface area contributed by atoms with Crippen molar-refractivity contribution in [1.29, 1.82) is 0 Å². The molecule has 0 spiro atoms. The maximum atomic E-state index is 12.2. The van der Waals surface area contributed by atoms with Crippen molar-refractivity contribution in [2.75, 3.05) is 0 Å². The van der Waals surface area contributed by atoms with Crippen LogP contribution in [0.4, 0.5) is 0 Å². The molecular formula is C13H15ClN2O3S. The third kappa shape index (κ3) is 3.80. The predicted molar refractivity (Wildman–Crippen MR) is 75.2 cm³/mol. The van der Waals surface area contributed by atoms with Crippen LogP contribution in [0.5, 0.6) is 0 Å². The molecule has 0 atom stereocenters. The van der Waals surface area contributed by atoms with Crippen molar-refractivity contribution in [3.8, 4) is 0 Å². The highest BCUT2D eigenvalue weighted by molar-refractivity contribution is 7.90. The van der Waals surface area contributed by atoms with Crippen molar-refractivity contribution in [2.24, 2.45) is 5.92 Å². The molecule has 5 nitrogen and oxygen atoms in total. The van der Waals surface area contributed by atoms with Crippen molar-refractivity contribution < 1.29 is 12.9 Å². The fourth-order valence-corrected chi connectivity index (χ4v) is 2.98. The van der Waals surface area contributed by atoms with E-state index in [0.717, 1.165) is 0 Å². The molecule has 0 aliphatic carbocycles. The summed E-state index contributed by atoms with van der Waals surface area (Å²) in [5.41, 5.74) is 0. The van der Waals surface area contributed by atoms with Crippen LogP contribution in [-0.2, 0) is 22.0 Å². The van der Waals surface area contributed by atoms with Gasteiger partial charge in [0.25, 0.3) is 0 Å². The first-order chi connectivity index (χ1) is 9.37. The van der Waals surface area contributed by atoms with Crippen LogP contribution in [-0.4, -0.2) is 18.6 Å². The minimum Gasteiger partial charge on any atom is -0.339 e. The number of hydrogen-bond acceptors (Lipinski definition) is 5. The lowest BCUT2D eigenvalue weighted by Crippen LogP contribution is -2.06. The van der Waals surface area contributed by atoms with Crippen LogP contribution in [0.15, 0.2) is 33.7 Å². The zero-order valence-electron chi connectivity index (χ0n) is 11.2. The van der Waals surface area contributed by atoms with Crippen LogP contribution in [0.1, 0.15) is 25.6 Å². The summed E-state index contributed by atoms with van der Waals surface area (Å²) in [6.45, 7) is 4.04. The second kappa shape index (κ2) is 5.93. The molecule has 2 rings (SSSR count). The molecule has 0 fully saturated rings. The third-order valence-electron chi connectivity index (χ3n) is 2.58. The van der Waals surface area contributed by atoms with Crippen molar-refractivity contribution in [1.82, 2.24) is 10.1 Å². The molecule has 0 aliphatic heterocycles. The topological polar surface area (TPSA) is 73.1 Å². The molecule has 7 heteroatoms. The molecule has 1 aromatic heterocycles. The van der Waals surface area contributed by atoms with Gasteiger partial charge in [-0.05, 0) is 30.2 Å². The number of rotatable bonds is 5. The normalized spacial score (nSPS) is 12.0. The van der Waals surface area contributed by atoms with Crippen molar-refractivity contribution in [3.63, 3.8) is 0 Å². The molecule has 0 aliphatic rings. The molecule has 20 heavy (non-hydrogen) atoms. The minimum absolute atomic E-state index is 0.176. The van der Waals surface area contributed by atoms with E-state index in [9.17, 15) is 8.42 Å². The second-order valence-electron chi connectivity index (χ2n) is 4.92. The third-order valence-corrected chi connectivity index (χ3v) is 4.47. The van der Waals surface area contributed by atoms with Crippen LogP contribution in [0.3, 0.4) is 0 Å². The number of hydrogen-bond donors (Lipinski definition) is 0. The van der Waals surface area contributed by atoms with Crippen LogP contribution >= 0.6 is 11.6 Å². The van der Waals surface area contributed by atoms with Gasteiger partial charge in [0.2, 0.25) is 5.89 Å². The molecule has 0 bridgehead atoms. The Balaban J connectivity index is 2.16. The van der Waals surface area contributed by atoms with Crippen molar-refractivity contribution >= 4 is 21.4 Å². The maximum Gasteiger partial charge on any atom is 0.226 e. The van der Waals surface area contributed by atoms with E-state index in [-0.39, 0.29) is 16.5 Å². The summed E-state index contributed by atoms with van der Waals surface area (Å²) in [5.74, 6) is 0.726. The first-order valence-electron chi connectivity index (χ1n) is 6.16. The van der Waals surface area contributed by atoms with E-state index in [1.165, 1.54) is 24.3 Å². The average Bonchev–Trinajstić information content (AvgIpc) is 2.75. The van der Waals surface area contributed by atoms with Gasteiger partial charge in [0.1, 0.15) is 5.75 Å². The number of benzene rings is 1. The average molecular weight is 315 g/mol. The Bertz CT molecular complexity index is 678. The van der Waals surface area contributed by atoms with E-state index in [2.05, 4.69) is 10.1 Å². The van der Waals surface area contributed by atoms with E-state index in [4.69, 9.17) is 16.1 Å². The molecule has 2 aromatic rings. The number of nitrogens with zero attached hydrogens (tertiary/aromatic N) is 2. The van der Waals surface area contributed by atoms with Gasteiger partial charge in [0, 0.05) is 11.4 Å². The van der Waals surface area contributed by atoms with Gasteiger partial charge in [-0.2, -0.15) is 4.98 Å². The molecule has 0 amide bonds. The molecule has 108 valence electrons. The fourth-order valence-electron chi connectivity index (χ4n) is 1.68. The molecule has 0 saturated carbocycles. The molecule has 0 unspecified atom stereocenters. The Kier molecular flexibility index (Phi) is 4.45. The first kappa shape index (κ1) is 15.0.